The maximum absolute atomic E-state index is 10.5. The molecule has 0 bridgehead atoms. The molecule has 4 nitrogen and oxygen atoms in total. The summed E-state index contributed by atoms with van der Waals surface area (Å²) in [4.78, 5) is 10.5. The maximum Gasteiger partial charge on any atom is 0.148 e. The normalized spacial score (nSPS) is 12.6. The van der Waals surface area contributed by atoms with Crippen molar-refractivity contribution in [2.45, 2.75) is 25.9 Å². The molecule has 1 atom stereocenters. The van der Waals surface area contributed by atoms with Gasteiger partial charge >= 0.3 is 0 Å². The molecular formula is C11H21ClO4. The van der Waals surface area contributed by atoms with Crippen LogP contribution in [0.5, 0.6) is 0 Å². The molecule has 0 aromatic carbocycles. The SMILES string of the molecule is CCCC(C=O)OCCOCCOCCCl. The van der Waals surface area contributed by atoms with Crippen LogP contribution in [-0.4, -0.2) is 51.3 Å². The Morgan fingerprint density at radius 3 is 2.31 bits per heavy atom. The van der Waals surface area contributed by atoms with E-state index in [-0.39, 0.29) is 6.10 Å². The molecule has 16 heavy (non-hydrogen) atoms. The third-order valence-electron chi connectivity index (χ3n) is 1.88. The third-order valence-corrected chi connectivity index (χ3v) is 2.03. The molecule has 0 N–H and O–H groups in total. The van der Waals surface area contributed by atoms with Gasteiger partial charge in [0, 0.05) is 5.88 Å². The van der Waals surface area contributed by atoms with Crippen molar-refractivity contribution in [3.8, 4) is 0 Å². The number of alkyl halides is 1. The molecule has 0 aromatic rings. The number of hydrogen-bond acceptors (Lipinski definition) is 4. The molecule has 0 heterocycles. The van der Waals surface area contributed by atoms with Crippen molar-refractivity contribution in [1.29, 1.82) is 0 Å². The third kappa shape index (κ3) is 10.4. The highest BCUT2D eigenvalue weighted by Gasteiger charge is 2.04. The Balaban J connectivity index is 3.15. The van der Waals surface area contributed by atoms with Crippen LogP contribution in [0.1, 0.15) is 19.8 Å². The van der Waals surface area contributed by atoms with Gasteiger partial charge in [0.05, 0.1) is 33.0 Å². The van der Waals surface area contributed by atoms with Crippen LogP contribution in [0.2, 0.25) is 0 Å². The fourth-order valence-corrected chi connectivity index (χ4v) is 1.22. The highest BCUT2D eigenvalue weighted by molar-refractivity contribution is 6.17. The zero-order chi connectivity index (χ0) is 12.1. The minimum Gasteiger partial charge on any atom is -0.378 e. The molecule has 5 heteroatoms. The quantitative estimate of drug-likeness (QED) is 0.301. The lowest BCUT2D eigenvalue weighted by molar-refractivity contribution is -0.119. The first kappa shape index (κ1) is 15.8. The monoisotopic (exact) mass is 252 g/mol. The second kappa shape index (κ2) is 12.9. The van der Waals surface area contributed by atoms with Gasteiger partial charge in [-0.3, -0.25) is 0 Å². The summed E-state index contributed by atoms with van der Waals surface area (Å²) in [6, 6.07) is 0. The molecule has 96 valence electrons. The van der Waals surface area contributed by atoms with Gasteiger partial charge in [-0.2, -0.15) is 0 Å². The Labute approximate surface area is 102 Å². The van der Waals surface area contributed by atoms with E-state index >= 15 is 0 Å². The highest BCUT2D eigenvalue weighted by atomic mass is 35.5. The van der Waals surface area contributed by atoms with Gasteiger partial charge in [-0.15, -0.1) is 11.6 Å². The van der Waals surface area contributed by atoms with E-state index in [9.17, 15) is 4.79 Å². The number of hydrogen-bond donors (Lipinski definition) is 0. The lowest BCUT2D eigenvalue weighted by atomic mass is 10.2. The number of carbonyl (C=O) groups excluding carboxylic acids is 1. The van der Waals surface area contributed by atoms with Gasteiger partial charge in [0.2, 0.25) is 0 Å². The van der Waals surface area contributed by atoms with E-state index in [4.69, 9.17) is 25.8 Å². The Morgan fingerprint density at radius 1 is 1.12 bits per heavy atom. The predicted molar refractivity (Wildman–Crippen MR) is 63.1 cm³/mol. The van der Waals surface area contributed by atoms with E-state index in [0.29, 0.717) is 38.9 Å². The van der Waals surface area contributed by atoms with E-state index in [1.807, 2.05) is 6.92 Å². The van der Waals surface area contributed by atoms with Gasteiger partial charge in [-0.1, -0.05) is 13.3 Å². The molecule has 0 spiro atoms. The maximum atomic E-state index is 10.5. The number of rotatable bonds is 12. The predicted octanol–water partition coefficient (Wildman–Crippen LogP) is 1.64. The summed E-state index contributed by atoms with van der Waals surface area (Å²) in [5, 5.41) is 0. The Kier molecular flexibility index (Phi) is 12.8. The van der Waals surface area contributed by atoms with Crippen LogP contribution >= 0.6 is 11.6 Å². The van der Waals surface area contributed by atoms with E-state index in [1.54, 1.807) is 0 Å². The summed E-state index contributed by atoms with van der Waals surface area (Å²) in [7, 11) is 0. The van der Waals surface area contributed by atoms with Gasteiger partial charge in [0.15, 0.2) is 0 Å². The summed E-state index contributed by atoms with van der Waals surface area (Å²) in [6.45, 7) is 4.56. The minimum absolute atomic E-state index is 0.291. The number of carbonyl (C=O) groups is 1. The standard InChI is InChI=1S/C11H21ClO4/c1-2-3-11(10-13)16-9-8-15-7-6-14-5-4-12/h10-11H,2-9H2,1H3. The molecule has 0 saturated carbocycles. The molecule has 0 fully saturated rings. The van der Waals surface area contributed by atoms with Crippen LogP contribution in [0, 0.1) is 0 Å². The summed E-state index contributed by atoms with van der Waals surface area (Å²) < 4.78 is 15.7. The van der Waals surface area contributed by atoms with Crippen LogP contribution in [-0.2, 0) is 19.0 Å². The van der Waals surface area contributed by atoms with Gasteiger partial charge in [-0.05, 0) is 6.42 Å². The summed E-state index contributed by atoms with van der Waals surface area (Å²) in [5.74, 6) is 0.501. The molecule has 0 aliphatic carbocycles. The Morgan fingerprint density at radius 2 is 1.75 bits per heavy atom. The molecular weight excluding hydrogens is 232 g/mol. The first-order valence-corrected chi connectivity index (χ1v) is 6.17. The van der Waals surface area contributed by atoms with Crippen molar-refractivity contribution in [2.75, 3.05) is 38.9 Å². The molecule has 0 aliphatic heterocycles. The summed E-state index contributed by atoms with van der Waals surface area (Å²) in [6.07, 6.45) is 2.26. The second-order valence-corrected chi connectivity index (χ2v) is 3.63. The molecule has 0 radical (unpaired) electrons. The minimum atomic E-state index is -0.291. The first-order chi connectivity index (χ1) is 7.85. The molecule has 0 rings (SSSR count). The Bertz CT molecular complexity index is 155. The highest BCUT2D eigenvalue weighted by Crippen LogP contribution is 1.98. The number of ether oxygens (including phenoxy) is 3. The van der Waals surface area contributed by atoms with Crippen LogP contribution in [0.3, 0.4) is 0 Å². The van der Waals surface area contributed by atoms with E-state index < -0.39 is 0 Å². The van der Waals surface area contributed by atoms with Crippen molar-refractivity contribution >= 4 is 17.9 Å². The van der Waals surface area contributed by atoms with Crippen molar-refractivity contribution in [2.24, 2.45) is 0 Å². The topological polar surface area (TPSA) is 44.8 Å². The smallest absolute Gasteiger partial charge is 0.148 e. The molecule has 0 aromatic heterocycles. The number of aldehydes is 1. The number of halogens is 1. The molecule has 0 aliphatic rings. The average molecular weight is 253 g/mol. The fraction of sp³-hybridized carbons (Fsp3) is 0.909. The van der Waals surface area contributed by atoms with Crippen LogP contribution < -0.4 is 0 Å². The van der Waals surface area contributed by atoms with Crippen molar-refractivity contribution in [3.05, 3.63) is 0 Å². The van der Waals surface area contributed by atoms with Crippen molar-refractivity contribution < 1.29 is 19.0 Å². The second-order valence-electron chi connectivity index (χ2n) is 3.25. The van der Waals surface area contributed by atoms with Gasteiger partial charge in [0.1, 0.15) is 12.4 Å². The lowest BCUT2D eigenvalue weighted by Gasteiger charge is -2.10. The summed E-state index contributed by atoms with van der Waals surface area (Å²) in [5.41, 5.74) is 0. The first-order valence-electron chi connectivity index (χ1n) is 5.63. The van der Waals surface area contributed by atoms with Crippen LogP contribution in [0.15, 0.2) is 0 Å². The molecule has 0 amide bonds. The zero-order valence-electron chi connectivity index (χ0n) is 9.82. The summed E-state index contributed by atoms with van der Waals surface area (Å²) >= 11 is 5.43. The van der Waals surface area contributed by atoms with Crippen molar-refractivity contribution in [3.63, 3.8) is 0 Å². The largest absolute Gasteiger partial charge is 0.378 e. The average Bonchev–Trinajstić information content (AvgIpc) is 2.31. The van der Waals surface area contributed by atoms with E-state index in [0.717, 1.165) is 19.1 Å². The van der Waals surface area contributed by atoms with E-state index in [2.05, 4.69) is 0 Å². The Hall–Kier alpha value is -0.160. The van der Waals surface area contributed by atoms with Crippen LogP contribution in [0.25, 0.3) is 0 Å². The van der Waals surface area contributed by atoms with E-state index in [1.165, 1.54) is 0 Å². The fourth-order valence-electron chi connectivity index (χ4n) is 1.11. The lowest BCUT2D eigenvalue weighted by Crippen LogP contribution is -2.18. The van der Waals surface area contributed by atoms with Gasteiger partial charge < -0.3 is 19.0 Å². The van der Waals surface area contributed by atoms with Crippen molar-refractivity contribution in [1.82, 2.24) is 0 Å². The molecule has 0 saturated heterocycles. The molecule has 1 unspecified atom stereocenters. The van der Waals surface area contributed by atoms with Crippen LogP contribution in [0.4, 0.5) is 0 Å². The zero-order valence-corrected chi connectivity index (χ0v) is 10.6. The van der Waals surface area contributed by atoms with Gasteiger partial charge in [-0.25, -0.2) is 0 Å². The van der Waals surface area contributed by atoms with Gasteiger partial charge in [0.25, 0.3) is 0 Å².